The van der Waals surface area contributed by atoms with Crippen LogP contribution in [0.5, 0.6) is 0 Å². The second-order valence-electron chi connectivity index (χ2n) is 4.04. The van der Waals surface area contributed by atoms with E-state index in [-0.39, 0.29) is 5.25 Å². The minimum absolute atomic E-state index is 0.161. The molecule has 0 saturated heterocycles. The zero-order valence-corrected chi connectivity index (χ0v) is 11.9. The van der Waals surface area contributed by atoms with E-state index in [2.05, 4.69) is 38.8 Å². The number of hydrogen-bond donors (Lipinski definition) is 0. The van der Waals surface area contributed by atoms with E-state index in [0.717, 1.165) is 23.9 Å². The molecule has 18 heavy (non-hydrogen) atoms. The van der Waals surface area contributed by atoms with Gasteiger partial charge in [-0.25, -0.2) is 0 Å². The van der Waals surface area contributed by atoms with Crippen molar-refractivity contribution in [2.75, 3.05) is 0 Å². The first-order valence-corrected chi connectivity index (χ1v) is 6.97. The highest BCUT2D eigenvalue weighted by Crippen LogP contribution is 2.29. The summed E-state index contributed by atoms with van der Waals surface area (Å²) in [7, 11) is 0. The Morgan fingerprint density at radius 3 is 2.72 bits per heavy atom. The molecular weight excluding hydrogens is 250 g/mol. The molecule has 0 fully saturated rings. The minimum atomic E-state index is 0.161. The van der Waals surface area contributed by atoms with Gasteiger partial charge in [0, 0.05) is 6.54 Å². The summed E-state index contributed by atoms with van der Waals surface area (Å²) in [6, 6.07) is 0. The second kappa shape index (κ2) is 5.51. The first kappa shape index (κ1) is 13.1. The average molecular weight is 267 g/mol. The summed E-state index contributed by atoms with van der Waals surface area (Å²) < 4.78 is 7.26. The number of aromatic nitrogens is 5. The van der Waals surface area contributed by atoms with Crippen LogP contribution < -0.4 is 0 Å². The largest absolute Gasteiger partial charge is 0.338 e. The SMILES string of the molecule is CCn1c(C)nnc1CSC(C)c1nc(C)no1. The monoisotopic (exact) mass is 267 g/mol. The predicted octanol–water partition coefficient (Wildman–Crippen LogP) is 2.29. The van der Waals surface area contributed by atoms with Crippen molar-refractivity contribution < 1.29 is 4.52 Å². The van der Waals surface area contributed by atoms with Gasteiger partial charge in [0.1, 0.15) is 11.6 Å². The molecule has 0 amide bonds. The third-order valence-corrected chi connectivity index (χ3v) is 3.81. The van der Waals surface area contributed by atoms with Crippen molar-refractivity contribution in [1.82, 2.24) is 24.9 Å². The Balaban J connectivity index is 1.99. The summed E-state index contributed by atoms with van der Waals surface area (Å²) in [5, 5.41) is 12.2. The van der Waals surface area contributed by atoms with Crippen LogP contribution in [0, 0.1) is 13.8 Å². The third-order valence-electron chi connectivity index (χ3n) is 2.68. The topological polar surface area (TPSA) is 69.6 Å². The van der Waals surface area contributed by atoms with E-state index < -0.39 is 0 Å². The van der Waals surface area contributed by atoms with E-state index in [1.165, 1.54) is 0 Å². The van der Waals surface area contributed by atoms with Crippen molar-refractivity contribution in [2.45, 2.75) is 45.2 Å². The van der Waals surface area contributed by atoms with Crippen LogP contribution in [0.4, 0.5) is 0 Å². The van der Waals surface area contributed by atoms with Gasteiger partial charge in [-0.2, -0.15) is 4.98 Å². The Bertz CT molecular complexity index is 521. The van der Waals surface area contributed by atoms with Gasteiger partial charge in [0.2, 0.25) is 5.89 Å². The maximum Gasteiger partial charge on any atom is 0.239 e. The Hall–Kier alpha value is -1.37. The Labute approximate surface area is 110 Å². The fourth-order valence-corrected chi connectivity index (χ4v) is 2.54. The molecule has 1 atom stereocenters. The predicted molar refractivity (Wildman–Crippen MR) is 69.2 cm³/mol. The van der Waals surface area contributed by atoms with E-state index in [4.69, 9.17) is 4.52 Å². The summed E-state index contributed by atoms with van der Waals surface area (Å²) in [5.41, 5.74) is 0. The fraction of sp³-hybridized carbons (Fsp3) is 0.636. The normalized spacial score (nSPS) is 12.9. The van der Waals surface area contributed by atoms with Gasteiger partial charge in [0.15, 0.2) is 5.82 Å². The maximum absolute atomic E-state index is 5.15. The van der Waals surface area contributed by atoms with Gasteiger partial charge in [0.25, 0.3) is 0 Å². The Morgan fingerprint density at radius 2 is 2.11 bits per heavy atom. The lowest BCUT2D eigenvalue weighted by atomic mass is 10.5. The van der Waals surface area contributed by atoms with Crippen LogP contribution >= 0.6 is 11.8 Å². The number of thioether (sulfide) groups is 1. The van der Waals surface area contributed by atoms with E-state index in [9.17, 15) is 0 Å². The van der Waals surface area contributed by atoms with E-state index in [1.54, 1.807) is 11.8 Å². The van der Waals surface area contributed by atoms with Gasteiger partial charge in [-0.1, -0.05) is 5.16 Å². The highest BCUT2D eigenvalue weighted by atomic mass is 32.2. The first-order valence-electron chi connectivity index (χ1n) is 5.92. The molecule has 2 heterocycles. The molecule has 6 nitrogen and oxygen atoms in total. The van der Waals surface area contributed by atoms with Gasteiger partial charge in [-0.05, 0) is 27.7 Å². The molecule has 2 aromatic rings. The molecule has 2 aromatic heterocycles. The van der Waals surface area contributed by atoms with Gasteiger partial charge in [-0.3, -0.25) is 0 Å². The molecule has 2 rings (SSSR count). The number of aryl methyl sites for hydroxylation is 2. The van der Waals surface area contributed by atoms with Crippen molar-refractivity contribution >= 4 is 11.8 Å². The molecule has 1 unspecified atom stereocenters. The van der Waals surface area contributed by atoms with Crippen LogP contribution in [0.2, 0.25) is 0 Å². The second-order valence-corrected chi connectivity index (χ2v) is 5.37. The summed E-state index contributed by atoms with van der Waals surface area (Å²) in [6.07, 6.45) is 0. The van der Waals surface area contributed by atoms with Gasteiger partial charge < -0.3 is 9.09 Å². The zero-order chi connectivity index (χ0) is 13.1. The van der Waals surface area contributed by atoms with Crippen molar-refractivity contribution in [1.29, 1.82) is 0 Å². The van der Waals surface area contributed by atoms with Crippen LogP contribution in [0.25, 0.3) is 0 Å². The number of nitrogens with zero attached hydrogens (tertiary/aromatic N) is 5. The van der Waals surface area contributed by atoms with Gasteiger partial charge in [0.05, 0.1) is 11.0 Å². The lowest BCUT2D eigenvalue weighted by Crippen LogP contribution is -2.03. The van der Waals surface area contributed by atoms with Crippen molar-refractivity contribution in [3.8, 4) is 0 Å². The molecule has 0 saturated carbocycles. The van der Waals surface area contributed by atoms with Crippen LogP contribution in [0.1, 0.15) is 42.5 Å². The summed E-state index contributed by atoms with van der Waals surface area (Å²) in [4.78, 5) is 4.23. The molecule has 0 aliphatic rings. The fourth-order valence-electron chi connectivity index (χ4n) is 1.69. The van der Waals surface area contributed by atoms with E-state index >= 15 is 0 Å². The molecule has 98 valence electrons. The highest BCUT2D eigenvalue weighted by Gasteiger charge is 2.15. The third kappa shape index (κ3) is 2.72. The van der Waals surface area contributed by atoms with Gasteiger partial charge >= 0.3 is 0 Å². The van der Waals surface area contributed by atoms with Crippen LogP contribution in [-0.2, 0) is 12.3 Å². The number of rotatable bonds is 5. The lowest BCUT2D eigenvalue weighted by Gasteiger charge is -2.07. The van der Waals surface area contributed by atoms with Crippen LogP contribution in [0.3, 0.4) is 0 Å². The number of hydrogen-bond acceptors (Lipinski definition) is 6. The first-order chi connectivity index (χ1) is 8.61. The van der Waals surface area contributed by atoms with Gasteiger partial charge in [-0.15, -0.1) is 22.0 Å². The molecule has 7 heteroatoms. The summed E-state index contributed by atoms with van der Waals surface area (Å²) in [5.74, 6) is 4.07. The molecule has 0 aromatic carbocycles. The maximum atomic E-state index is 5.15. The molecule has 0 N–H and O–H groups in total. The standard InChI is InChI=1S/C11H17N5OS/c1-5-16-9(4)13-14-10(16)6-18-7(2)11-12-8(3)15-17-11/h7H,5-6H2,1-4H3. The smallest absolute Gasteiger partial charge is 0.239 e. The molecule has 0 aliphatic heterocycles. The quantitative estimate of drug-likeness (QED) is 0.827. The minimum Gasteiger partial charge on any atom is -0.338 e. The van der Waals surface area contributed by atoms with Crippen LogP contribution in [0.15, 0.2) is 4.52 Å². The van der Waals surface area contributed by atoms with E-state index in [1.807, 2.05) is 13.8 Å². The Morgan fingerprint density at radius 1 is 1.33 bits per heavy atom. The Kier molecular flexibility index (Phi) is 4.00. The summed E-state index contributed by atoms with van der Waals surface area (Å²) in [6.45, 7) is 8.83. The van der Waals surface area contributed by atoms with Crippen molar-refractivity contribution in [3.05, 3.63) is 23.4 Å². The lowest BCUT2D eigenvalue weighted by molar-refractivity contribution is 0.376. The van der Waals surface area contributed by atoms with Crippen LogP contribution in [-0.4, -0.2) is 24.9 Å². The molecule has 0 aliphatic carbocycles. The van der Waals surface area contributed by atoms with Crippen molar-refractivity contribution in [3.63, 3.8) is 0 Å². The molecule has 0 bridgehead atoms. The highest BCUT2D eigenvalue weighted by molar-refractivity contribution is 7.98. The zero-order valence-electron chi connectivity index (χ0n) is 11.0. The average Bonchev–Trinajstić information content (AvgIpc) is 2.92. The van der Waals surface area contributed by atoms with E-state index in [0.29, 0.717) is 11.7 Å². The van der Waals surface area contributed by atoms with Crippen molar-refractivity contribution in [2.24, 2.45) is 0 Å². The summed E-state index contributed by atoms with van der Waals surface area (Å²) >= 11 is 1.72. The molecular formula is C11H17N5OS. The molecule has 0 spiro atoms. The molecule has 0 radical (unpaired) electrons.